The Morgan fingerprint density at radius 2 is 1.41 bits per heavy atom. The number of halogens is 7. The summed E-state index contributed by atoms with van der Waals surface area (Å²) in [6, 6.07) is 23.7. The summed E-state index contributed by atoms with van der Waals surface area (Å²) in [5.74, 6) is 0.516. The first-order chi connectivity index (χ1) is 27.1. The van der Waals surface area contributed by atoms with Crippen LogP contribution in [0.15, 0.2) is 97.8 Å². The standard InChI is InChI=1S/C18H10ClIN4.C10H7Cl2N.C8H4IN3.CH3F.CH2O3.ClH.2Na.H/c19-14-6-13-5-11(1-2-16(13)23-8-14)9-24-10-15(20)17-12(7-21)3-4-22-18(17)24;11-5-7-1-2-10-8(3-7)4-9(12)6-13-10;9-6-4-12-8-7(6)5(3-10)1-2-11-8;1-2;2-1-4-3;;;;/h1-6,8,10H,9H2;1-4,6H,5H2;1-2,4H,(H,11,12);1H3;1,3H;1H;;;/q;;;;;;2*+1;-1/p-1/i;;;1D;;;;;. The van der Waals surface area contributed by atoms with E-state index in [1.165, 1.54) is 0 Å². The van der Waals surface area contributed by atoms with Gasteiger partial charge in [-0.2, -0.15) is 10.5 Å². The van der Waals surface area contributed by atoms with Gasteiger partial charge in [-0.15, -0.1) is 24.0 Å². The molecule has 0 spiro atoms. The Hall–Kier alpha value is -2.40. The molecule has 58 heavy (non-hydrogen) atoms. The number of benzene rings is 2. The predicted molar refractivity (Wildman–Crippen MR) is 235 cm³/mol. The topological polar surface area (TPSA) is 169 Å². The summed E-state index contributed by atoms with van der Waals surface area (Å²) in [6.07, 6.45) is 10.5. The molecule has 0 amide bonds. The summed E-state index contributed by atoms with van der Waals surface area (Å²) in [4.78, 5) is 31.3. The van der Waals surface area contributed by atoms with Crippen molar-refractivity contribution < 1.29 is 81.2 Å². The molecule has 0 saturated carbocycles. The number of nitrogens with one attached hydrogen (secondary N) is 1. The van der Waals surface area contributed by atoms with E-state index >= 15 is 0 Å². The fraction of sp³-hybridized carbons (Fsp3) is 0.0789. The van der Waals surface area contributed by atoms with Crippen LogP contribution in [-0.2, 0) is 22.1 Å². The molecular formula is C38H27Cl4FI2N8Na2O3. The average Bonchev–Trinajstić information content (AvgIpc) is 3.76. The molecule has 0 fully saturated rings. The van der Waals surface area contributed by atoms with Crippen molar-refractivity contribution in [3.8, 4) is 12.1 Å². The minimum Gasteiger partial charge on any atom is -1.00 e. The Bertz CT molecular complexity index is 2710. The second-order valence-electron chi connectivity index (χ2n) is 10.8. The van der Waals surface area contributed by atoms with Crippen molar-refractivity contribution in [1.82, 2.24) is 29.5 Å². The maximum absolute atomic E-state index is 9.96. The van der Waals surface area contributed by atoms with Crippen LogP contribution >= 0.6 is 92.4 Å². The summed E-state index contributed by atoms with van der Waals surface area (Å²) in [7, 11) is -1.00. The van der Waals surface area contributed by atoms with Crippen LogP contribution < -0.4 is 64.4 Å². The van der Waals surface area contributed by atoms with Crippen LogP contribution in [0.1, 0.15) is 25.1 Å². The average molecular weight is 1110 g/mol. The third kappa shape index (κ3) is 14.4. The van der Waals surface area contributed by atoms with Gasteiger partial charge in [-0.25, -0.2) is 9.97 Å². The number of alkyl halides is 2. The van der Waals surface area contributed by atoms with Crippen LogP contribution in [0.2, 0.25) is 10.0 Å². The van der Waals surface area contributed by atoms with Gasteiger partial charge in [-0.1, -0.05) is 35.3 Å². The normalized spacial score (nSPS) is 9.71. The molecule has 6 aromatic heterocycles. The molecule has 0 saturated heterocycles. The monoisotopic (exact) mass is 1100 g/mol. The smallest absolute Gasteiger partial charge is 1.00 e. The van der Waals surface area contributed by atoms with E-state index in [1.54, 1.807) is 36.9 Å². The summed E-state index contributed by atoms with van der Waals surface area (Å²) in [5, 5.41) is 31.7. The van der Waals surface area contributed by atoms with Crippen LogP contribution in [0, 0.1) is 29.8 Å². The molecule has 20 heteroatoms. The minimum atomic E-state index is -1.00. The maximum atomic E-state index is 9.96. The number of aromatic nitrogens is 6. The Morgan fingerprint density at radius 1 is 0.897 bits per heavy atom. The number of nitrogens with zero attached hydrogens (tertiary/aromatic N) is 7. The molecule has 0 aliphatic rings. The van der Waals surface area contributed by atoms with Crippen molar-refractivity contribution in [2.24, 2.45) is 0 Å². The van der Waals surface area contributed by atoms with Crippen molar-refractivity contribution in [2.45, 2.75) is 12.4 Å². The van der Waals surface area contributed by atoms with E-state index in [4.69, 9.17) is 51.5 Å². The maximum Gasteiger partial charge on any atom is 1.00 e. The molecule has 0 unspecified atom stereocenters. The number of rotatable bonds is 4. The van der Waals surface area contributed by atoms with Crippen molar-refractivity contribution in [2.75, 3.05) is 7.15 Å². The summed E-state index contributed by atoms with van der Waals surface area (Å²) >= 11 is 22.0. The van der Waals surface area contributed by atoms with Crippen LogP contribution in [0.25, 0.3) is 43.9 Å². The van der Waals surface area contributed by atoms with E-state index in [2.05, 4.69) is 104 Å². The third-order valence-electron chi connectivity index (χ3n) is 7.45. The fourth-order valence-corrected chi connectivity index (χ4v) is 7.25. The van der Waals surface area contributed by atoms with E-state index in [-0.39, 0.29) is 79.4 Å². The number of nitriles is 2. The Morgan fingerprint density at radius 3 is 1.95 bits per heavy atom. The second kappa shape index (κ2) is 27.4. The number of carbonyl (C=O) groups excluding carboxylic acids is 1. The Kier molecular flexibility index (Phi) is 24.5. The molecule has 11 nitrogen and oxygen atoms in total. The van der Waals surface area contributed by atoms with Crippen LogP contribution in [0.3, 0.4) is 0 Å². The number of hydrogen-bond donors (Lipinski definition) is 1. The summed E-state index contributed by atoms with van der Waals surface area (Å²) < 4.78 is 19.6. The molecule has 2 aromatic carbocycles. The molecule has 0 aliphatic heterocycles. The first-order valence-corrected chi connectivity index (χ1v) is 18.8. The zero-order valence-corrected chi connectivity index (χ0v) is 41.9. The third-order valence-corrected chi connectivity index (χ3v) is 9.84. The molecule has 8 rings (SSSR count). The van der Waals surface area contributed by atoms with Crippen LogP contribution in [0.4, 0.5) is 4.39 Å². The van der Waals surface area contributed by atoms with Crippen molar-refractivity contribution in [3.05, 3.63) is 137 Å². The van der Waals surface area contributed by atoms with E-state index in [0.29, 0.717) is 33.6 Å². The quantitative estimate of drug-likeness (QED) is 0.0685. The Labute approximate surface area is 427 Å². The molecular weight excluding hydrogens is 1080 g/mol. The second-order valence-corrected chi connectivity index (χ2v) is 14.3. The number of H-pyrrole nitrogens is 1. The number of carbonyl (C=O) groups is 1. The molecule has 1 N–H and O–H groups in total. The van der Waals surface area contributed by atoms with E-state index < -0.39 is 7.15 Å². The van der Waals surface area contributed by atoms with Gasteiger partial charge in [0, 0.05) is 72.9 Å². The SMILES string of the molecule is Cl.ClCc1ccc2ncc(Cl)cc2c1.N#Cc1ccnc2[nH]cc(I)c12.N#Cc1ccnc2c1c(I)cn2Cc1ccc2ncc(Cl)cc2c1.O=CO[O-].[2H]CF.[H-].[Na+].[Na+]. The van der Waals surface area contributed by atoms with Gasteiger partial charge < -0.3 is 21.1 Å². The summed E-state index contributed by atoms with van der Waals surface area (Å²) in [6.45, 7) is 0.490. The van der Waals surface area contributed by atoms with Gasteiger partial charge in [0.2, 0.25) is 0 Å². The minimum absolute atomic E-state index is 0. The van der Waals surface area contributed by atoms with Crippen LogP contribution in [-0.4, -0.2) is 43.1 Å². The van der Waals surface area contributed by atoms with Gasteiger partial charge in [0.25, 0.3) is 6.47 Å². The first-order valence-electron chi connectivity index (χ1n) is 16.1. The van der Waals surface area contributed by atoms with Gasteiger partial charge in [0.15, 0.2) is 0 Å². The molecule has 0 aliphatic carbocycles. The van der Waals surface area contributed by atoms with Gasteiger partial charge in [0.1, 0.15) is 11.3 Å². The van der Waals surface area contributed by atoms with Gasteiger partial charge >= 0.3 is 59.1 Å². The van der Waals surface area contributed by atoms with Gasteiger partial charge in [0.05, 0.1) is 58.3 Å². The zero-order chi connectivity index (χ0) is 40.6. The zero-order valence-electron chi connectivity index (χ0n) is 32.5. The number of fused-ring (bicyclic) bond motifs is 4. The molecule has 0 bridgehead atoms. The number of hydrogen-bond acceptors (Lipinski definition) is 9. The van der Waals surface area contributed by atoms with Crippen molar-refractivity contribution in [1.29, 1.82) is 10.5 Å². The van der Waals surface area contributed by atoms with Crippen molar-refractivity contribution >= 4 is 143 Å². The molecule has 288 valence electrons. The van der Waals surface area contributed by atoms with Crippen LogP contribution in [0.5, 0.6) is 0 Å². The number of pyridine rings is 4. The molecule has 6 heterocycles. The predicted octanol–water partition coefficient (Wildman–Crippen LogP) is 3.99. The van der Waals surface area contributed by atoms with E-state index in [1.807, 2.05) is 48.8 Å². The molecule has 0 atom stereocenters. The fourth-order valence-electron chi connectivity index (χ4n) is 5.18. The van der Waals surface area contributed by atoms with Gasteiger partial charge in [-0.05, 0) is 105 Å². The van der Waals surface area contributed by atoms with E-state index in [0.717, 1.165) is 62.1 Å². The molecule has 0 radical (unpaired) electrons. The number of aromatic amines is 1. The molecule has 8 aromatic rings. The Balaban J connectivity index is 0.000000830. The van der Waals surface area contributed by atoms with Crippen molar-refractivity contribution in [3.63, 3.8) is 0 Å². The summed E-state index contributed by atoms with van der Waals surface area (Å²) in [5.41, 5.74) is 6.99. The first kappa shape index (κ1) is 51.7. The van der Waals surface area contributed by atoms with E-state index in [9.17, 15) is 9.65 Å². The largest absolute Gasteiger partial charge is 1.00 e. The van der Waals surface area contributed by atoms with Gasteiger partial charge in [-0.3, -0.25) is 19.2 Å².